The van der Waals surface area contributed by atoms with E-state index in [1.165, 1.54) is 17.4 Å². The zero-order valence-electron chi connectivity index (χ0n) is 11.8. The zero-order chi connectivity index (χ0) is 15.9. The summed E-state index contributed by atoms with van der Waals surface area (Å²) in [5.74, 6) is -1.10. The van der Waals surface area contributed by atoms with Gasteiger partial charge in [0.25, 0.3) is 5.91 Å². The molecule has 0 radical (unpaired) electrons. The Morgan fingerprint density at radius 2 is 1.91 bits per heavy atom. The predicted molar refractivity (Wildman–Crippen MR) is 87.5 cm³/mol. The topological polar surface area (TPSA) is 79.3 Å². The van der Waals surface area contributed by atoms with Crippen molar-refractivity contribution in [3.05, 3.63) is 57.6 Å². The Kier molecular flexibility index (Phi) is 5.21. The molecule has 0 aliphatic heterocycles. The second kappa shape index (κ2) is 7.33. The van der Waals surface area contributed by atoms with Gasteiger partial charge in [0.15, 0.2) is 0 Å². The molecule has 0 spiro atoms. The summed E-state index contributed by atoms with van der Waals surface area (Å²) < 4.78 is 0. The summed E-state index contributed by atoms with van der Waals surface area (Å²) in [6, 6.07) is 7.20. The van der Waals surface area contributed by atoms with Gasteiger partial charge < -0.3 is 10.4 Å². The van der Waals surface area contributed by atoms with Crippen LogP contribution in [0.5, 0.6) is 0 Å². The molecule has 0 atom stereocenters. The number of carboxylic acids is 1. The van der Waals surface area contributed by atoms with Crippen LogP contribution in [0.1, 0.15) is 25.8 Å². The van der Waals surface area contributed by atoms with Gasteiger partial charge in [0.1, 0.15) is 5.01 Å². The quantitative estimate of drug-likeness (QED) is 0.832. The first kappa shape index (κ1) is 15.7. The van der Waals surface area contributed by atoms with Gasteiger partial charge in [-0.1, -0.05) is 18.2 Å². The highest BCUT2D eigenvalue weighted by molar-refractivity contribution is 7.13. The van der Waals surface area contributed by atoms with Crippen molar-refractivity contribution in [1.29, 1.82) is 0 Å². The molecular formula is C16H14N2O3S. The Balaban J connectivity index is 2.05. The Hall–Kier alpha value is -2.73. The van der Waals surface area contributed by atoms with Crippen LogP contribution in [0.4, 0.5) is 0 Å². The van der Waals surface area contributed by atoms with Crippen molar-refractivity contribution < 1.29 is 14.7 Å². The summed E-state index contributed by atoms with van der Waals surface area (Å²) in [5.41, 5.74) is 1.56. The molecule has 0 unspecified atom stereocenters. The summed E-state index contributed by atoms with van der Waals surface area (Å²) in [6.07, 6.45) is 7.95. The van der Waals surface area contributed by atoms with E-state index in [0.717, 1.165) is 21.5 Å². The van der Waals surface area contributed by atoms with Gasteiger partial charge in [-0.25, -0.2) is 9.78 Å². The Bertz CT molecular complexity index is 730. The number of aromatic nitrogens is 1. The van der Waals surface area contributed by atoms with E-state index in [-0.39, 0.29) is 5.91 Å². The largest absolute Gasteiger partial charge is 0.478 e. The van der Waals surface area contributed by atoms with E-state index in [4.69, 9.17) is 5.11 Å². The van der Waals surface area contributed by atoms with E-state index in [2.05, 4.69) is 10.3 Å². The maximum absolute atomic E-state index is 11.4. The Morgan fingerprint density at radius 1 is 1.18 bits per heavy atom. The number of nitrogens with one attached hydrogen (secondary N) is 1. The molecule has 2 aromatic rings. The van der Waals surface area contributed by atoms with Crippen LogP contribution in [0.25, 0.3) is 18.2 Å². The molecule has 0 saturated heterocycles. The number of hydrogen-bond donors (Lipinski definition) is 2. The summed E-state index contributed by atoms with van der Waals surface area (Å²) >= 11 is 1.39. The number of hydrogen-bond acceptors (Lipinski definition) is 4. The molecule has 0 saturated carbocycles. The molecule has 1 aromatic carbocycles. The molecule has 0 bridgehead atoms. The number of aliphatic carboxylic acids is 1. The monoisotopic (exact) mass is 314 g/mol. The van der Waals surface area contributed by atoms with E-state index in [1.54, 1.807) is 25.4 Å². The van der Waals surface area contributed by atoms with E-state index < -0.39 is 5.97 Å². The Morgan fingerprint density at radius 3 is 2.55 bits per heavy atom. The molecule has 0 aliphatic carbocycles. The maximum Gasteiger partial charge on any atom is 0.328 e. The molecule has 1 heterocycles. The summed E-state index contributed by atoms with van der Waals surface area (Å²) in [7, 11) is 1.59. The molecule has 0 fully saturated rings. The minimum atomic E-state index is -0.985. The molecule has 5 nitrogen and oxygen atoms in total. The average molecular weight is 314 g/mol. The van der Waals surface area contributed by atoms with Gasteiger partial charge in [0.2, 0.25) is 0 Å². The van der Waals surface area contributed by atoms with Crippen molar-refractivity contribution in [3.63, 3.8) is 0 Å². The van der Waals surface area contributed by atoms with Crippen LogP contribution in [0.15, 0.2) is 36.5 Å². The van der Waals surface area contributed by atoms with Gasteiger partial charge in [0, 0.05) is 29.8 Å². The van der Waals surface area contributed by atoms with Crippen molar-refractivity contribution in [3.8, 4) is 0 Å². The van der Waals surface area contributed by atoms with Crippen LogP contribution in [-0.4, -0.2) is 29.0 Å². The lowest BCUT2D eigenvalue weighted by Gasteiger charge is -1.99. The zero-order valence-corrected chi connectivity index (χ0v) is 12.6. The smallest absolute Gasteiger partial charge is 0.328 e. The number of carboxylic acid groups (broad SMARTS) is 1. The summed E-state index contributed by atoms with van der Waals surface area (Å²) in [4.78, 5) is 26.8. The van der Waals surface area contributed by atoms with Crippen LogP contribution in [0.3, 0.4) is 0 Å². The lowest BCUT2D eigenvalue weighted by Crippen LogP contribution is -2.17. The number of amides is 1. The van der Waals surface area contributed by atoms with Gasteiger partial charge in [-0.2, -0.15) is 0 Å². The standard InChI is InChI=1S/C16H14N2O3S/c1-17-16(21)12-5-2-11(3-6-12)4-8-14-18-10-13(22-14)7-9-15(19)20/h2-10H,1H3,(H,17,21)(H,19,20). The van der Waals surface area contributed by atoms with E-state index in [1.807, 2.05) is 24.3 Å². The normalized spacial score (nSPS) is 11.1. The second-order valence-electron chi connectivity index (χ2n) is 4.31. The highest BCUT2D eigenvalue weighted by Gasteiger charge is 2.01. The molecule has 112 valence electrons. The van der Waals surface area contributed by atoms with Gasteiger partial charge in [-0.05, 0) is 29.8 Å². The SMILES string of the molecule is CNC(=O)c1ccc(C=Cc2ncc(C=CC(=O)O)s2)cc1. The fraction of sp³-hybridized carbons (Fsp3) is 0.0625. The van der Waals surface area contributed by atoms with Crippen LogP contribution < -0.4 is 5.32 Å². The average Bonchev–Trinajstić information content (AvgIpc) is 2.98. The van der Waals surface area contributed by atoms with Crippen molar-refractivity contribution in [1.82, 2.24) is 10.3 Å². The lowest BCUT2D eigenvalue weighted by molar-refractivity contribution is -0.131. The number of carbonyl (C=O) groups is 2. The molecular weight excluding hydrogens is 300 g/mol. The molecule has 6 heteroatoms. The number of nitrogens with zero attached hydrogens (tertiary/aromatic N) is 1. The first-order chi connectivity index (χ1) is 10.6. The fourth-order valence-corrected chi connectivity index (χ4v) is 2.39. The predicted octanol–water partition coefficient (Wildman–Crippen LogP) is 2.77. The number of thiazole rings is 1. The van der Waals surface area contributed by atoms with Gasteiger partial charge in [-0.3, -0.25) is 4.79 Å². The number of rotatable bonds is 5. The minimum Gasteiger partial charge on any atom is -0.478 e. The molecule has 2 rings (SSSR count). The minimum absolute atomic E-state index is 0.120. The first-order valence-corrected chi connectivity index (χ1v) is 7.27. The summed E-state index contributed by atoms with van der Waals surface area (Å²) in [6.45, 7) is 0. The van der Waals surface area contributed by atoms with E-state index >= 15 is 0 Å². The molecule has 0 aliphatic rings. The van der Waals surface area contributed by atoms with Crippen LogP contribution in [0, 0.1) is 0 Å². The third-order valence-corrected chi connectivity index (χ3v) is 3.68. The Labute approximate surface area is 131 Å². The lowest BCUT2D eigenvalue weighted by atomic mass is 10.1. The summed E-state index contributed by atoms with van der Waals surface area (Å²) in [5, 5.41) is 11.9. The van der Waals surface area contributed by atoms with Crippen LogP contribution in [-0.2, 0) is 4.79 Å². The highest BCUT2D eigenvalue weighted by atomic mass is 32.1. The van der Waals surface area contributed by atoms with E-state index in [9.17, 15) is 9.59 Å². The molecule has 2 N–H and O–H groups in total. The van der Waals surface area contributed by atoms with Crippen LogP contribution in [0.2, 0.25) is 0 Å². The second-order valence-corrected chi connectivity index (χ2v) is 5.40. The highest BCUT2D eigenvalue weighted by Crippen LogP contribution is 2.17. The molecule has 1 amide bonds. The van der Waals surface area contributed by atoms with Gasteiger partial charge in [0.05, 0.1) is 0 Å². The van der Waals surface area contributed by atoms with Crippen LogP contribution >= 0.6 is 11.3 Å². The van der Waals surface area contributed by atoms with E-state index in [0.29, 0.717) is 5.56 Å². The van der Waals surface area contributed by atoms with Gasteiger partial charge >= 0.3 is 5.97 Å². The van der Waals surface area contributed by atoms with Crippen molar-refractivity contribution >= 4 is 41.4 Å². The molecule has 22 heavy (non-hydrogen) atoms. The first-order valence-electron chi connectivity index (χ1n) is 6.45. The number of carbonyl (C=O) groups excluding carboxylic acids is 1. The van der Waals surface area contributed by atoms with Gasteiger partial charge in [-0.15, -0.1) is 11.3 Å². The maximum atomic E-state index is 11.4. The fourth-order valence-electron chi connectivity index (χ4n) is 1.67. The third kappa shape index (κ3) is 4.39. The number of benzene rings is 1. The van der Waals surface area contributed by atoms with Crippen molar-refractivity contribution in [2.24, 2.45) is 0 Å². The van der Waals surface area contributed by atoms with Crippen molar-refractivity contribution in [2.75, 3.05) is 7.05 Å². The molecule has 1 aromatic heterocycles. The third-order valence-electron chi connectivity index (χ3n) is 2.75. The van der Waals surface area contributed by atoms with Crippen molar-refractivity contribution in [2.45, 2.75) is 0 Å².